The van der Waals surface area contributed by atoms with Crippen molar-refractivity contribution in [3.63, 3.8) is 0 Å². The Morgan fingerprint density at radius 3 is 1.00 bits per heavy atom. The third kappa shape index (κ3) is 31.5. The first-order valence-corrected chi connectivity index (χ1v) is 37.3. The molecule has 0 radical (unpaired) electrons. The Balaban J connectivity index is 0.853. The highest BCUT2D eigenvalue weighted by Gasteiger charge is 2.45. The number of carbonyl (C=O) groups excluding carboxylic acids is 2. The van der Waals surface area contributed by atoms with Gasteiger partial charge in [0.25, 0.3) is 0 Å². The van der Waals surface area contributed by atoms with E-state index in [2.05, 4.69) is 41.0 Å². The number of nitrogens with zero attached hydrogens (tertiary/aromatic N) is 9. The van der Waals surface area contributed by atoms with Crippen LogP contribution in [-0.2, 0) is 129 Å². The quantitative estimate of drug-likeness (QED) is 0.00522. The van der Waals surface area contributed by atoms with Crippen molar-refractivity contribution >= 4 is 11.9 Å². The number of rotatable bonds is 59. The molecule has 644 valence electrons. The molecular weight excluding hydrogens is 1530 g/mol. The first-order chi connectivity index (χ1) is 54.6. The van der Waals surface area contributed by atoms with Crippen LogP contribution in [0.2, 0.25) is 0 Å². The summed E-state index contributed by atoms with van der Waals surface area (Å²) in [5, 5.41) is 118. The summed E-state index contributed by atoms with van der Waals surface area (Å²) in [7, 11) is 0. The summed E-state index contributed by atoms with van der Waals surface area (Å²) in [5.41, 5.74) is 0.540. The zero-order chi connectivity index (χ0) is 81.5. The molecule has 10 N–H and O–H groups in total. The van der Waals surface area contributed by atoms with Crippen LogP contribution >= 0.6 is 0 Å². The summed E-state index contributed by atoms with van der Waals surface area (Å²) in [6.07, 6.45) is -7.09. The number of aromatic nitrogens is 9. The smallest absolute Gasteiger partial charge is 0.313 e. The molecule has 3 saturated heterocycles. The van der Waals surface area contributed by atoms with Gasteiger partial charge in [0.05, 0.1) is 246 Å². The van der Waals surface area contributed by atoms with E-state index in [1.165, 1.54) is 0 Å². The lowest BCUT2D eigenvalue weighted by Crippen LogP contribution is -2.59. The molecule has 6 heterocycles. The van der Waals surface area contributed by atoms with Crippen LogP contribution in [0.25, 0.3) is 0 Å². The average Bonchev–Trinajstić information content (AvgIpc) is 1.18. The third-order valence-electron chi connectivity index (χ3n) is 18.1. The van der Waals surface area contributed by atoms with Crippen LogP contribution in [0.15, 0.2) is 18.6 Å². The van der Waals surface area contributed by atoms with Crippen molar-refractivity contribution < 1.29 is 163 Å². The van der Waals surface area contributed by atoms with E-state index in [1.54, 1.807) is 53.4 Å². The predicted octanol–water partition coefficient (Wildman–Crippen LogP) is -3.12. The van der Waals surface area contributed by atoms with Crippen LogP contribution < -0.4 is 10.1 Å². The summed E-state index contributed by atoms with van der Waals surface area (Å²) in [6, 6.07) is 0. The van der Waals surface area contributed by atoms with Gasteiger partial charge in [-0.15, -0.1) is 15.3 Å². The lowest BCUT2D eigenvalue weighted by molar-refractivity contribution is -0.282. The van der Waals surface area contributed by atoms with Crippen LogP contribution in [0, 0.1) is 46.8 Å². The summed E-state index contributed by atoms with van der Waals surface area (Å²) < 4.78 is 176. The van der Waals surface area contributed by atoms with Crippen molar-refractivity contribution in [1.82, 2.24) is 50.3 Å². The van der Waals surface area contributed by atoms with Crippen molar-refractivity contribution in [2.45, 2.75) is 152 Å². The fraction of sp³-hybridized carbons (Fsp3) is 0.797. The molecule has 0 saturated carbocycles. The number of esters is 1. The molecule has 1 amide bonds. The standard InChI is InChI=1S/C69H109F5N10O29/c1-43-59(90)62(93)49(37-85)110-66(43)107-14-4-46-34-82(79-76-46)9-17-98-22-25-101-28-31-104-40-69(75-52(88)7-12-96-20-21-97-13-8-53(89)113-65-57(73)55(71)54(70)56(72)58(65)74,41-105-32-29-102-26-23-99-18-10-83-35-47(77-80-83)5-15-108-67-44(2)60(91)63(94)50(38-86)111-67)42-106-33-30-103-27-24-100-19-11-84-36-48(78-81-84)6-16-109-68-45(3)61(92)64(95)51(39-87)112-68/h34-36,43-45,49-51,59-64,66-68,85-87,90-95H,4-33,37-42H2,1-3H3,(H,75,88)/t43-,44-,45-,49-,50-,51-,59-,60-,61-,62+,63+,64+,66-,67-,68-/m1/s1. The number of halogens is 5. The van der Waals surface area contributed by atoms with Gasteiger partial charge < -0.3 is 137 Å². The van der Waals surface area contributed by atoms with E-state index in [9.17, 15) is 77.5 Å². The molecule has 44 heteroatoms. The normalized spacial score (nSPS) is 24.2. The van der Waals surface area contributed by atoms with Crippen LogP contribution in [-0.4, -0.2) is 367 Å². The maximum Gasteiger partial charge on any atom is 0.313 e. The summed E-state index contributed by atoms with van der Waals surface area (Å²) in [4.78, 5) is 26.0. The second-order valence-corrected chi connectivity index (χ2v) is 26.7. The van der Waals surface area contributed by atoms with Gasteiger partial charge in [-0.1, -0.05) is 36.4 Å². The number of nitrogens with one attached hydrogen (secondary N) is 1. The van der Waals surface area contributed by atoms with E-state index in [0.29, 0.717) is 56.0 Å². The van der Waals surface area contributed by atoms with Crippen LogP contribution in [0.5, 0.6) is 5.75 Å². The SMILES string of the molecule is C[C@H]1[C@H](OCCc2cn(CCOCCOCCOCC(COCCOCCOCCn3cc(CCO[C@@H]4O[C@H](CO)[C@H](O)[C@H](O)[C@H]4C)nn3)(COCCOCCOCCn3cc(CCO[C@@H]4O[C@H](CO)[C@H](O)[C@H](O)[C@H]4C)nn3)NC(=O)CCOCCOCCC(=O)Oc3c(F)c(F)c(F)c(F)c3F)nn2)O[C@H](CO)[C@H](O)[C@@H]1O. The molecule has 3 aliphatic heterocycles. The number of hydrogen-bond donors (Lipinski definition) is 10. The second-order valence-electron chi connectivity index (χ2n) is 26.7. The Morgan fingerprint density at radius 1 is 0.398 bits per heavy atom. The van der Waals surface area contributed by atoms with Crippen molar-refractivity contribution in [2.24, 2.45) is 17.8 Å². The van der Waals surface area contributed by atoms with E-state index in [4.69, 9.17) is 80.5 Å². The fourth-order valence-electron chi connectivity index (χ4n) is 11.4. The van der Waals surface area contributed by atoms with Gasteiger partial charge in [-0.25, -0.2) is 27.2 Å². The fourth-order valence-corrected chi connectivity index (χ4v) is 11.4. The summed E-state index contributed by atoms with van der Waals surface area (Å²) >= 11 is 0. The van der Waals surface area contributed by atoms with E-state index in [1.807, 2.05) is 0 Å². The van der Waals surface area contributed by atoms with E-state index in [-0.39, 0.29) is 165 Å². The summed E-state index contributed by atoms with van der Waals surface area (Å²) in [6.45, 7) is 6.53. The minimum Gasteiger partial charge on any atom is -0.420 e. The Bertz CT molecular complexity index is 3040. The second kappa shape index (κ2) is 51.4. The monoisotopic (exact) mass is 1640 g/mol. The van der Waals surface area contributed by atoms with E-state index < -0.39 is 177 Å². The zero-order valence-corrected chi connectivity index (χ0v) is 63.5. The first-order valence-electron chi connectivity index (χ1n) is 37.3. The topological polar surface area (TPSA) is 487 Å². The summed E-state index contributed by atoms with van der Waals surface area (Å²) in [5.74, 6) is -16.9. The maximum absolute atomic E-state index is 14.0. The molecule has 7 rings (SSSR count). The Hall–Kier alpha value is -5.81. The Morgan fingerprint density at radius 2 is 0.681 bits per heavy atom. The molecule has 4 aromatic rings. The van der Waals surface area contributed by atoms with Gasteiger partial charge in [-0.05, 0) is 0 Å². The molecule has 0 spiro atoms. The van der Waals surface area contributed by atoms with Crippen molar-refractivity contribution in [3.8, 4) is 5.75 Å². The molecule has 3 aromatic heterocycles. The Kier molecular flexibility index (Phi) is 42.9. The van der Waals surface area contributed by atoms with Gasteiger partial charge in [0.1, 0.15) is 42.2 Å². The van der Waals surface area contributed by atoms with E-state index >= 15 is 0 Å². The van der Waals surface area contributed by atoms with Gasteiger partial charge in [0, 0.05) is 62.0 Å². The zero-order valence-electron chi connectivity index (χ0n) is 63.5. The first kappa shape index (κ1) is 94.3. The molecule has 0 unspecified atom stereocenters. The van der Waals surface area contributed by atoms with Gasteiger partial charge in [0.2, 0.25) is 40.7 Å². The molecule has 0 bridgehead atoms. The number of hydrogen-bond acceptors (Lipinski definition) is 35. The lowest BCUT2D eigenvalue weighted by atomic mass is 9.92. The maximum atomic E-state index is 14.0. The minimum absolute atomic E-state index is 0.0495. The van der Waals surface area contributed by atoms with Gasteiger partial charge in [-0.2, -0.15) is 8.78 Å². The number of amides is 1. The Labute approximate surface area is 648 Å². The van der Waals surface area contributed by atoms with Crippen LogP contribution in [0.1, 0.15) is 50.7 Å². The van der Waals surface area contributed by atoms with Gasteiger partial charge in [-0.3, -0.25) is 9.59 Å². The third-order valence-corrected chi connectivity index (χ3v) is 18.1. The van der Waals surface area contributed by atoms with Gasteiger partial charge >= 0.3 is 5.97 Å². The lowest BCUT2D eigenvalue weighted by Gasteiger charge is -2.40. The van der Waals surface area contributed by atoms with Gasteiger partial charge in [0.15, 0.2) is 18.9 Å². The van der Waals surface area contributed by atoms with Crippen molar-refractivity contribution in [3.05, 3.63) is 64.8 Å². The van der Waals surface area contributed by atoms with E-state index in [0.717, 1.165) is 0 Å². The van der Waals surface area contributed by atoms with Crippen molar-refractivity contribution in [2.75, 3.05) is 185 Å². The number of carbonyl (C=O) groups is 2. The molecule has 39 nitrogen and oxygen atoms in total. The molecule has 15 atom stereocenters. The minimum atomic E-state index is -2.42. The average molecular weight is 1640 g/mol. The molecule has 113 heavy (non-hydrogen) atoms. The number of aliphatic hydroxyl groups excluding tert-OH is 9. The molecule has 3 aliphatic rings. The molecule has 0 aliphatic carbocycles. The van der Waals surface area contributed by atoms with Crippen molar-refractivity contribution in [1.29, 1.82) is 0 Å². The molecule has 3 fully saturated rings. The molecule has 1 aromatic carbocycles. The highest BCUT2D eigenvalue weighted by Crippen LogP contribution is 2.32. The van der Waals surface area contributed by atoms with Crippen LogP contribution in [0.3, 0.4) is 0 Å². The highest BCUT2D eigenvalue weighted by molar-refractivity contribution is 5.77. The molecular formula is C69H109F5N10O29. The number of benzene rings is 1. The van der Waals surface area contributed by atoms with Crippen LogP contribution in [0.4, 0.5) is 22.0 Å². The largest absolute Gasteiger partial charge is 0.420 e. The highest BCUT2D eigenvalue weighted by atomic mass is 19.2. The number of ether oxygens (including phenoxy) is 18. The number of aliphatic hydroxyl groups is 9. The predicted molar refractivity (Wildman–Crippen MR) is 371 cm³/mol.